The summed E-state index contributed by atoms with van der Waals surface area (Å²) in [6.45, 7) is 18.5. The zero-order valence-electron chi connectivity index (χ0n) is 47.7. The smallest absolute Gasteiger partial charge is 0.0673 e. The van der Waals surface area contributed by atoms with E-state index in [0.717, 1.165) is 0 Å². The molecule has 5 aliphatic heterocycles. The van der Waals surface area contributed by atoms with Crippen LogP contribution in [0.1, 0.15) is 136 Å². The summed E-state index contributed by atoms with van der Waals surface area (Å²) in [6, 6.07) is 73.2. The fourth-order valence-corrected chi connectivity index (χ4v) is 15.9. The van der Waals surface area contributed by atoms with Gasteiger partial charge in [-0.05, 0) is 144 Å². The van der Waals surface area contributed by atoms with Gasteiger partial charge >= 0.3 is 0 Å². The van der Waals surface area contributed by atoms with Crippen LogP contribution in [0.4, 0.5) is 0 Å². The summed E-state index contributed by atoms with van der Waals surface area (Å²) < 4.78 is 0. The van der Waals surface area contributed by atoms with E-state index in [0.29, 0.717) is 0 Å². The lowest BCUT2D eigenvalue weighted by molar-refractivity contribution is 0.280. The van der Waals surface area contributed by atoms with Crippen molar-refractivity contribution < 1.29 is 0 Å². The van der Waals surface area contributed by atoms with Crippen LogP contribution >= 0.6 is 0 Å². The Morgan fingerprint density at radius 3 is 0.362 bits per heavy atom. The number of fused-ring (bicyclic) bond motifs is 8. The summed E-state index contributed by atoms with van der Waals surface area (Å²) in [4.78, 5) is 0. The van der Waals surface area contributed by atoms with Crippen molar-refractivity contribution in [1.82, 2.24) is 42.5 Å². The Morgan fingerprint density at radius 2 is 0.263 bits per heavy atom. The van der Waals surface area contributed by atoms with E-state index in [1.165, 1.54) is 89.0 Å². The van der Waals surface area contributed by atoms with Crippen LogP contribution in [-0.4, -0.2) is 49.3 Å². The molecule has 8 heteroatoms. The zero-order valence-corrected chi connectivity index (χ0v) is 47.7. The van der Waals surface area contributed by atoms with Crippen LogP contribution in [0.5, 0.6) is 0 Å². The van der Waals surface area contributed by atoms with Gasteiger partial charge < -0.3 is 0 Å². The van der Waals surface area contributed by atoms with Crippen molar-refractivity contribution in [3.63, 3.8) is 0 Å². The van der Waals surface area contributed by atoms with Crippen LogP contribution < -0.4 is 42.5 Å². The number of rotatable bonds is 8. The highest BCUT2D eigenvalue weighted by atomic mass is 15.4. The Morgan fingerprint density at radius 1 is 0.163 bits per heavy atom. The van der Waals surface area contributed by atoms with E-state index in [-0.39, 0.29) is 96.7 Å². The molecule has 8 aromatic rings. The SMILES string of the molecule is Cc1ccccc1C1C2NC(NC3NC(NC4NC(NC5NC(N2)C(c2ccccc2C)C5c2ccccc2C)C(c2ccccc2C)C4c2ccccc2C)C(c2ccccc2C)C3c2ccccc2C)C1c1ccccc1C. The van der Waals surface area contributed by atoms with Gasteiger partial charge in [-0.15, -0.1) is 0 Å². The molecule has 5 aliphatic rings. The predicted octanol–water partition coefficient (Wildman–Crippen LogP) is 12.1. The maximum absolute atomic E-state index is 4.53. The van der Waals surface area contributed by atoms with Gasteiger partial charge in [0.2, 0.25) is 0 Å². The normalized spacial score (nSPS) is 31.1. The maximum atomic E-state index is 4.53. The molecule has 8 bridgehead atoms. The molecule has 0 amide bonds. The lowest BCUT2D eigenvalue weighted by Gasteiger charge is -2.34. The summed E-state index contributed by atoms with van der Waals surface area (Å²) in [5, 5.41) is 35.9. The first-order chi connectivity index (χ1) is 39.0. The van der Waals surface area contributed by atoms with Gasteiger partial charge in [0.1, 0.15) is 0 Å². The minimum atomic E-state index is -0.148. The van der Waals surface area contributed by atoms with E-state index in [4.69, 9.17) is 0 Å². The first-order valence-corrected chi connectivity index (χ1v) is 29.5. The fraction of sp³-hybridized carbons (Fsp3) is 0.333. The first kappa shape index (κ1) is 52.8. The summed E-state index contributed by atoms with van der Waals surface area (Å²) >= 11 is 0. The van der Waals surface area contributed by atoms with Crippen LogP contribution in [0.2, 0.25) is 0 Å². The molecule has 0 spiro atoms. The minimum absolute atomic E-state index is 0.0473. The van der Waals surface area contributed by atoms with Gasteiger partial charge in [0.15, 0.2) is 0 Å². The summed E-state index contributed by atoms with van der Waals surface area (Å²) in [7, 11) is 0. The van der Waals surface area contributed by atoms with Gasteiger partial charge in [-0.2, -0.15) is 0 Å². The maximum Gasteiger partial charge on any atom is 0.0673 e. The molecule has 8 unspecified atom stereocenters. The minimum Gasteiger partial charge on any atom is -0.285 e. The molecule has 8 atom stereocenters. The first-order valence-electron chi connectivity index (χ1n) is 29.5. The Bertz CT molecular complexity index is 2840. The Kier molecular flexibility index (Phi) is 14.6. The quantitative estimate of drug-likeness (QED) is 0.0763. The van der Waals surface area contributed by atoms with Gasteiger partial charge in [-0.25, -0.2) is 0 Å². The lowest BCUT2D eigenvalue weighted by atomic mass is 9.75. The molecule has 5 saturated heterocycles. The van der Waals surface area contributed by atoms with Crippen LogP contribution in [0.25, 0.3) is 0 Å². The van der Waals surface area contributed by atoms with Crippen molar-refractivity contribution in [3.8, 4) is 0 Å². The average Bonchev–Trinajstić information content (AvgIpc) is 4.35. The zero-order chi connectivity index (χ0) is 54.8. The number of aryl methyl sites for hydroxylation is 8. The number of benzene rings is 8. The van der Waals surface area contributed by atoms with E-state index >= 15 is 0 Å². The van der Waals surface area contributed by atoms with Gasteiger partial charge in [0, 0.05) is 47.3 Å². The Balaban J connectivity index is 1.07. The van der Waals surface area contributed by atoms with Crippen molar-refractivity contribution in [2.75, 3.05) is 0 Å². The van der Waals surface area contributed by atoms with Gasteiger partial charge in [0.25, 0.3) is 0 Å². The molecule has 8 nitrogen and oxygen atoms in total. The second-order valence-electron chi connectivity index (χ2n) is 24.2. The number of nitrogens with one attached hydrogen (secondary N) is 8. The topological polar surface area (TPSA) is 96.2 Å². The molecule has 408 valence electrons. The lowest BCUT2D eigenvalue weighted by Crippen LogP contribution is -2.61. The van der Waals surface area contributed by atoms with Crippen LogP contribution in [0.15, 0.2) is 194 Å². The molecule has 5 heterocycles. The van der Waals surface area contributed by atoms with Gasteiger partial charge in [0.05, 0.1) is 49.3 Å². The van der Waals surface area contributed by atoms with Gasteiger partial charge in [-0.3, -0.25) is 42.5 Å². The highest BCUT2D eigenvalue weighted by Crippen LogP contribution is 2.52. The third-order valence-electron chi connectivity index (χ3n) is 19.7. The molecule has 0 radical (unpaired) electrons. The molecule has 8 aromatic carbocycles. The number of hydrogen-bond donors (Lipinski definition) is 8. The second kappa shape index (κ2) is 22.1. The van der Waals surface area contributed by atoms with E-state index < -0.39 is 0 Å². The molecule has 0 saturated carbocycles. The summed E-state index contributed by atoms with van der Waals surface area (Å²) in [5.74, 6) is 0.379. The van der Waals surface area contributed by atoms with E-state index in [9.17, 15) is 0 Å². The van der Waals surface area contributed by atoms with Crippen LogP contribution in [-0.2, 0) is 0 Å². The van der Waals surface area contributed by atoms with Crippen molar-refractivity contribution in [3.05, 3.63) is 283 Å². The Labute approximate surface area is 475 Å². The van der Waals surface area contributed by atoms with E-state index in [1.807, 2.05) is 0 Å². The highest BCUT2D eigenvalue weighted by molar-refractivity contribution is 5.48. The van der Waals surface area contributed by atoms with Crippen molar-refractivity contribution >= 4 is 0 Å². The summed E-state index contributed by atoms with van der Waals surface area (Å²) in [6.07, 6.45) is -1.19. The standard InChI is InChI=1S/C72H80N8/c1-41-25-9-17-33-49(41)57-58(50-34-18-10-26-42(50)2)66-73-65(57)77-67-59(51-35-19-11-27-43(51)3)60(52-36-20-12-28-44(52)4)69(74-67)79-71-63(55-39-23-15-31-47(55)7)64(56-40-24-16-32-48(56)8)72(76-71)80-70-62(54-38-22-14-30-46(54)6)61(68(75-70)78-66)53-37-21-13-29-45(53)5/h9-40,57-80H,1-8H3. The van der Waals surface area contributed by atoms with E-state index in [2.05, 4.69) is 292 Å². The second-order valence-corrected chi connectivity index (χ2v) is 24.2. The molecule has 0 aromatic heterocycles. The fourth-order valence-electron chi connectivity index (χ4n) is 15.9. The summed E-state index contributed by atoms with van der Waals surface area (Å²) in [5.41, 5.74) is 21.3. The van der Waals surface area contributed by atoms with Crippen molar-refractivity contribution in [2.45, 2.75) is 152 Å². The highest BCUT2D eigenvalue weighted by Gasteiger charge is 2.56. The molecular formula is C72H80N8. The number of hydrogen-bond acceptors (Lipinski definition) is 8. The molecule has 80 heavy (non-hydrogen) atoms. The largest absolute Gasteiger partial charge is 0.285 e. The van der Waals surface area contributed by atoms with Crippen molar-refractivity contribution in [2.24, 2.45) is 0 Å². The van der Waals surface area contributed by atoms with Gasteiger partial charge in [-0.1, -0.05) is 194 Å². The molecule has 8 N–H and O–H groups in total. The third kappa shape index (κ3) is 9.47. The average molecular weight is 1060 g/mol. The molecular weight excluding hydrogens is 977 g/mol. The third-order valence-corrected chi connectivity index (χ3v) is 19.7. The van der Waals surface area contributed by atoms with Crippen LogP contribution in [0, 0.1) is 55.4 Å². The monoisotopic (exact) mass is 1060 g/mol. The molecule has 5 fully saturated rings. The molecule has 13 rings (SSSR count). The van der Waals surface area contributed by atoms with Crippen molar-refractivity contribution in [1.29, 1.82) is 0 Å². The van der Waals surface area contributed by atoms with Crippen LogP contribution in [0.3, 0.4) is 0 Å². The predicted molar refractivity (Wildman–Crippen MR) is 327 cm³/mol. The Hall–Kier alpha value is -6.56. The molecule has 0 aliphatic carbocycles. The van der Waals surface area contributed by atoms with E-state index in [1.54, 1.807) is 0 Å².